The molecule has 3 heteroatoms. The highest BCUT2D eigenvalue weighted by Crippen LogP contribution is 2.10. The van der Waals surface area contributed by atoms with Gasteiger partial charge in [-0.1, -0.05) is 23.8 Å². The van der Waals surface area contributed by atoms with E-state index in [1.54, 1.807) is 0 Å². The molecular formula is C11H17NO2. The molecule has 0 aromatic rings. The molecule has 0 fully saturated rings. The maximum absolute atomic E-state index is 11.1. The van der Waals surface area contributed by atoms with Gasteiger partial charge in [0.25, 0.3) is 0 Å². The zero-order valence-corrected chi connectivity index (χ0v) is 8.75. The minimum Gasteiger partial charge on any atom is -0.447 e. The van der Waals surface area contributed by atoms with Crippen LogP contribution in [0.15, 0.2) is 23.8 Å². The number of ether oxygens (including phenoxy) is 1. The van der Waals surface area contributed by atoms with Gasteiger partial charge in [-0.25, -0.2) is 4.79 Å². The molecule has 0 radical (unpaired) electrons. The number of hydrogen-bond donors (Lipinski definition) is 1. The highest BCUT2D eigenvalue weighted by molar-refractivity contribution is 5.67. The van der Waals surface area contributed by atoms with Gasteiger partial charge in [0, 0.05) is 6.54 Å². The predicted octanol–water partition coefficient (Wildman–Crippen LogP) is 2.40. The van der Waals surface area contributed by atoms with Gasteiger partial charge in [-0.3, -0.25) is 0 Å². The topological polar surface area (TPSA) is 38.3 Å². The van der Waals surface area contributed by atoms with Crippen molar-refractivity contribution < 1.29 is 9.53 Å². The van der Waals surface area contributed by atoms with Crippen LogP contribution >= 0.6 is 0 Å². The van der Waals surface area contributed by atoms with Crippen molar-refractivity contribution in [3.05, 3.63) is 23.8 Å². The molecule has 0 heterocycles. The average Bonchev–Trinajstić information content (AvgIpc) is 2.15. The van der Waals surface area contributed by atoms with E-state index in [2.05, 4.69) is 11.4 Å². The Morgan fingerprint density at radius 2 is 2.43 bits per heavy atom. The van der Waals surface area contributed by atoms with Gasteiger partial charge in [0.1, 0.15) is 0 Å². The zero-order valence-electron chi connectivity index (χ0n) is 8.75. The number of allylic oxidation sites excluding steroid dienone is 3. The van der Waals surface area contributed by atoms with Gasteiger partial charge in [-0.2, -0.15) is 0 Å². The third-order valence-corrected chi connectivity index (χ3v) is 1.90. The molecule has 0 unspecified atom stereocenters. The van der Waals surface area contributed by atoms with E-state index in [1.807, 2.05) is 26.0 Å². The van der Waals surface area contributed by atoms with Crippen LogP contribution in [0.4, 0.5) is 4.79 Å². The van der Waals surface area contributed by atoms with Gasteiger partial charge in [-0.15, -0.1) is 0 Å². The first-order chi connectivity index (χ1) is 6.68. The molecule has 1 rings (SSSR count). The van der Waals surface area contributed by atoms with E-state index in [4.69, 9.17) is 4.74 Å². The smallest absolute Gasteiger partial charge is 0.407 e. The van der Waals surface area contributed by atoms with Crippen molar-refractivity contribution in [1.82, 2.24) is 5.32 Å². The minimum atomic E-state index is -0.338. The number of alkyl carbamates (subject to hydrolysis) is 1. The third kappa shape index (κ3) is 4.12. The van der Waals surface area contributed by atoms with Crippen molar-refractivity contribution in [2.24, 2.45) is 0 Å². The molecule has 0 saturated carbocycles. The fourth-order valence-electron chi connectivity index (χ4n) is 1.24. The van der Waals surface area contributed by atoms with Gasteiger partial charge in [0.05, 0.1) is 6.10 Å². The summed E-state index contributed by atoms with van der Waals surface area (Å²) >= 11 is 0. The molecule has 0 aromatic carbocycles. The van der Waals surface area contributed by atoms with Gasteiger partial charge < -0.3 is 10.1 Å². The molecule has 1 N–H and O–H groups in total. The lowest BCUT2D eigenvalue weighted by Crippen LogP contribution is -2.28. The second kappa shape index (κ2) is 5.47. The van der Waals surface area contributed by atoms with Gasteiger partial charge in [0.15, 0.2) is 0 Å². The Morgan fingerprint density at radius 3 is 3.00 bits per heavy atom. The normalized spacial score (nSPS) is 15.2. The Labute approximate surface area is 84.8 Å². The Kier molecular flexibility index (Phi) is 4.23. The summed E-state index contributed by atoms with van der Waals surface area (Å²) in [7, 11) is 0. The zero-order chi connectivity index (χ0) is 10.4. The van der Waals surface area contributed by atoms with E-state index < -0.39 is 0 Å². The first kappa shape index (κ1) is 10.8. The Balaban J connectivity index is 2.22. The molecule has 0 bridgehead atoms. The van der Waals surface area contributed by atoms with Crippen molar-refractivity contribution >= 4 is 6.09 Å². The van der Waals surface area contributed by atoms with Crippen LogP contribution in [0, 0.1) is 0 Å². The van der Waals surface area contributed by atoms with E-state index in [-0.39, 0.29) is 12.2 Å². The van der Waals surface area contributed by atoms with Crippen LogP contribution in [0.25, 0.3) is 0 Å². The lowest BCUT2D eigenvalue weighted by Gasteiger charge is -2.12. The largest absolute Gasteiger partial charge is 0.447 e. The van der Waals surface area contributed by atoms with Gasteiger partial charge in [-0.05, 0) is 26.7 Å². The molecule has 0 aromatic heterocycles. The highest BCUT2D eigenvalue weighted by Gasteiger charge is 2.05. The number of amides is 1. The summed E-state index contributed by atoms with van der Waals surface area (Å²) in [5, 5.41) is 2.72. The summed E-state index contributed by atoms with van der Waals surface area (Å²) in [6, 6.07) is 0. The molecule has 0 saturated heterocycles. The maximum atomic E-state index is 11.1. The number of rotatable bonds is 3. The lowest BCUT2D eigenvalue weighted by atomic mass is 10.1. The SMILES string of the molecule is CC(C)OC(=O)NCC1=CC=CCC1. The van der Waals surface area contributed by atoms with Gasteiger partial charge >= 0.3 is 6.09 Å². The van der Waals surface area contributed by atoms with E-state index in [1.165, 1.54) is 5.57 Å². The van der Waals surface area contributed by atoms with Crippen molar-refractivity contribution in [1.29, 1.82) is 0 Å². The third-order valence-electron chi connectivity index (χ3n) is 1.90. The molecule has 14 heavy (non-hydrogen) atoms. The van der Waals surface area contributed by atoms with Crippen LogP contribution in [0.2, 0.25) is 0 Å². The van der Waals surface area contributed by atoms with Crippen LogP contribution in [-0.2, 0) is 4.74 Å². The van der Waals surface area contributed by atoms with Crippen LogP contribution in [0.5, 0.6) is 0 Å². The number of hydrogen-bond acceptors (Lipinski definition) is 2. The molecule has 0 aliphatic heterocycles. The Hall–Kier alpha value is -1.25. The number of carbonyl (C=O) groups is 1. The van der Waals surface area contributed by atoms with E-state index in [0.29, 0.717) is 6.54 Å². The molecule has 0 spiro atoms. The number of carbonyl (C=O) groups excluding carboxylic acids is 1. The minimum absolute atomic E-state index is 0.0600. The predicted molar refractivity (Wildman–Crippen MR) is 56.1 cm³/mol. The Bertz CT molecular complexity index is 254. The summed E-state index contributed by atoms with van der Waals surface area (Å²) < 4.78 is 4.95. The summed E-state index contributed by atoms with van der Waals surface area (Å²) in [5.74, 6) is 0. The molecule has 1 aliphatic rings. The molecule has 78 valence electrons. The van der Waals surface area contributed by atoms with Crippen LogP contribution < -0.4 is 5.32 Å². The average molecular weight is 195 g/mol. The first-order valence-corrected chi connectivity index (χ1v) is 4.97. The van der Waals surface area contributed by atoms with E-state index in [0.717, 1.165) is 12.8 Å². The van der Waals surface area contributed by atoms with Gasteiger partial charge in [0.2, 0.25) is 0 Å². The summed E-state index contributed by atoms with van der Waals surface area (Å²) in [4.78, 5) is 11.1. The molecule has 1 aliphatic carbocycles. The second-order valence-corrected chi connectivity index (χ2v) is 3.60. The fraction of sp³-hybridized carbons (Fsp3) is 0.545. The summed E-state index contributed by atoms with van der Waals surface area (Å²) in [6.45, 7) is 4.26. The van der Waals surface area contributed by atoms with E-state index >= 15 is 0 Å². The summed E-state index contributed by atoms with van der Waals surface area (Å²) in [6.07, 6.45) is 7.87. The summed E-state index contributed by atoms with van der Waals surface area (Å²) in [5.41, 5.74) is 1.24. The van der Waals surface area contributed by atoms with Crippen LogP contribution in [0.3, 0.4) is 0 Å². The quantitative estimate of drug-likeness (QED) is 0.751. The lowest BCUT2D eigenvalue weighted by molar-refractivity contribution is 0.116. The Morgan fingerprint density at radius 1 is 1.64 bits per heavy atom. The van der Waals surface area contributed by atoms with Crippen LogP contribution in [0.1, 0.15) is 26.7 Å². The number of nitrogens with one attached hydrogen (secondary N) is 1. The molecular weight excluding hydrogens is 178 g/mol. The standard InChI is InChI=1S/C11H17NO2/c1-9(2)14-11(13)12-8-10-6-4-3-5-7-10/h3-4,6,9H,5,7-8H2,1-2H3,(H,12,13). The van der Waals surface area contributed by atoms with Crippen molar-refractivity contribution in [3.8, 4) is 0 Å². The first-order valence-electron chi connectivity index (χ1n) is 4.97. The fourth-order valence-corrected chi connectivity index (χ4v) is 1.24. The molecule has 3 nitrogen and oxygen atoms in total. The second-order valence-electron chi connectivity index (χ2n) is 3.60. The van der Waals surface area contributed by atoms with Crippen molar-refractivity contribution in [2.75, 3.05) is 6.54 Å². The monoisotopic (exact) mass is 195 g/mol. The van der Waals surface area contributed by atoms with Crippen molar-refractivity contribution in [3.63, 3.8) is 0 Å². The van der Waals surface area contributed by atoms with Crippen molar-refractivity contribution in [2.45, 2.75) is 32.8 Å². The molecule has 1 amide bonds. The highest BCUT2D eigenvalue weighted by atomic mass is 16.6. The maximum Gasteiger partial charge on any atom is 0.407 e. The molecule has 0 atom stereocenters. The van der Waals surface area contributed by atoms with E-state index in [9.17, 15) is 4.79 Å². The van der Waals surface area contributed by atoms with Crippen LogP contribution in [-0.4, -0.2) is 18.7 Å².